The summed E-state index contributed by atoms with van der Waals surface area (Å²) in [7, 11) is 1.71. The van der Waals surface area contributed by atoms with E-state index in [-0.39, 0.29) is 11.2 Å². The SMILES string of the molecule is Cc1cc(C)cc(N2CC(C)Cn3c2nc2c3c(=O)n(CCCc3ccccc3)c(=O)n2C)c1. The summed E-state index contributed by atoms with van der Waals surface area (Å²) in [5.74, 6) is 1.06. The van der Waals surface area contributed by atoms with Crippen molar-refractivity contribution in [3.05, 3.63) is 86.1 Å². The monoisotopic (exact) mass is 457 g/mol. The van der Waals surface area contributed by atoms with Crippen LogP contribution in [0, 0.1) is 19.8 Å². The lowest BCUT2D eigenvalue weighted by atomic mass is 10.1. The van der Waals surface area contributed by atoms with Crippen LogP contribution in [0.1, 0.15) is 30.0 Å². The maximum Gasteiger partial charge on any atom is 0.332 e. The van der Waals surface area contributed by atoms with E-state index in [2.05, 4.69) is 56.0 Å². The van der Waals surface area contributed by atoms with Gasteiger partial charge in [-0.1, -0.05) is 43.3 Å². The van der Waals surface area contributed by atoms with Gasteiger partial charge in [-0.05, 0) is 61.4 Å². The third-order valence-corrected chi connectivity index (χ3v) is 6.65. The summed E-state index contributed by atoms with van der Waals surface area (Å²) in [6.07, 6.45) is 1.53. The zero-order chi connectivity index (χ0) is 24.0. The van der Waals surface area contributed by atoms with Crippen LogP contribution in [0.3, 0.4) is 0 Å². The van der Waals surface area contributed by atoms with Gasteiger partial charge in [0.05, 0.1) is 0 Å². The van der Waals surface area contributed by atoms with Crippen LogP contribution in [0.25, 0.3) is 11.2 Å². The second kappa shape index (κ2) is 8.63. The minimum Gasteiger partial charge on any atom is -0.312 e. The molecule has 0 radical (unpaired) electrons. The van der Waals surface area contributed by atoms with E-state index in [0.717, 1.165) is 31.0 Å². The largest absolute Gasteiger partial charge is 0.332 e. The number of hydrogen-bond donors (Lipinski definition) is 0. The molecular weight excluding hydrogens is 426 g/mol. The minimum atomic E-state index is -0.313. The lowest BCUT2D eigenvalue weighted by molar-refractivity contribution is 0.457. The molecule has 176 valence electrons. The zero-order valence-corrected chi connectivity index (χ0v) is 20.3. The smallest absolute Gasteiger partial charge is 0.312 e. The molecule has 4 aromatic rings. The molecule has 3 heterocycles. The van der Waals surface area contributed by atoms with Gasteiger partial charge in [0.25, 0.3) is 5.56 Å². The van der Waals surface area contributed by atoms with E-state index in [9.17, 15) is 9.59 Å². The topological polar surface area (TPSA) is 65.1 Å². The molecule has 0 spiro atoms. The molecule has 0 saturated heterocycles. The van der Waals surface area contributed by atoms with Crippen molar-refractivity contribution in [3.8, 4) is 0 Å². The van der Waals surface area contributed by atoms with Crippen molar-refractivity contribution < 1.29 is 0 Å². The second-order valence-electron chi connectivity index (χ2n) is 9.64. The molecule has 7 heteroatoms. The van der Waals surface area contributed by atoms with Gasteiger partial charge in [0.15, 0.2) is 11.2 Å². The molecular formula is C27H31N5O2. The highest BCUT2D eigenvalue weighted by atomic mass is 16.2. The van der Waals surface area contributed by atoms with Gasteiger partial charge in [-0.15, -0.1) is 0 Å². The van der Waals surface area contributed by atoms with Crippen LogP contribution in [0.5, 0.6) is 0 Å². The number of benzene rings is 2. The third-order valence-electron chi connectivity index (χ3n) is 6.65. The number of aromatic nitrogens is 4. The van der Waals surface area contributed by atoms with E-state index >= 15 is 0 Å². The summed E-state index contributed by atoms with van der Waals surface area (Å²) in [5, 5.41) is 0. The van der Waals surface area contributed by atoms with Gasteiger partial charge in [-0.25, -0.2) is 4.79 Å². The fourth-order valence-electron chi connectivity index (χ4n) is 5.11. The first-order valence-corrected chi connectivity index (χ1v) is 11.9. The van der Waals surface area contributed by atoms with E-state index in [0.29, 0.717) is 30.2 Å². The van der Waals surface area contributed by atoms with Crippen molar-refractivity contribution in [2.24, 2.45) is 13.0 Å². The van der Waals surface area contributed by atoms with Gasteiger partial charge >= 0.3 is 5.69 Å². The van der Waals surface area contributed by atoms with Gasteiger partial charge in [0.1, 0.15) is 0 Å². The highest BCUT2D eigenvalue weighted by Gasteiger charge is 2.30. The summed E-state index contributed by atoms with van der Waals surface area (Å²) >= 11 is 0. The van der Waals surface area contributed by atoms with E-state index in [1.54, 1.807) is 7.05 Å². The minimum absolute atomic E-state index is 0.251. The summed E-state index contributed by atoms with van der Waals surface area (Å²) in [6.45, 7) is 8.25. The number of rotatable bonds is 5. The molecule has 2 aromatic heterocycles. The van der Waals surface area contributed by atoms with E-state index in [1.807, 2.05) is 22.8 Å². The molecule has 0 N–H and O–H groups in total. The Morgan fingerprint density at radius 2 is 1.71 bits per heavy atom. The second-order valence-corrected chi connectivity index (χ2v) is 9.64. The lowest BCUT2D eigenvalue weighted by Crippen LogP contribution is -2.40. The first-order valence-electron chi connectivity index (χ1n) is 11.9. The van der Waals surface area contributed by atoms with E-state index in [1.165, 1.54) is 25.8 Å². The molecule has 1 unspecified atom stereocenters. The molecule has 7 nitrogen and oxygen atoms in total. The maximum atomic E-state index is 13.6. The normalized spacial score (nSPS) is 15.6. The van der Waals surface area contributed by atoms with Crippen molar-refractivity contribution in [3.63, 3.8) is 0 Å². The third kappa shape index (κ3) is 3.85. The average molecular weight is 458 g/mol. The fourth-order valence-corrected chi connectivity index (χ4v) is 5.11. The van der Waals surface area contributed by atoms with Gasteiger partial charge in [-0.3, -0.25) is 13.9 Å². The molecule has 0 bridgehead atoms. The fraction of sp³-hybridized carbons (Fsp3) is 0.370. The molecule has 2 aromatic carbocycles. The van der Waals surface area contributed by atoms with Crippen LogP contribution in [0.2, 0.25) is 0 Å². The van der Waals surface area contributed by atoms with Crippen molar-refractivity contribution >= 4 is 22.8 Å². The number of anilines is 2. The van der Waals surface area contributed by atoms with Crippen molar-refractivity contribution in [2.45, 2.75) is 46.7 Å². The molecule has 0 saturated carbocycles. The molecule has 0 aliphatic carbocycles. The van der Waals surface area contributed by atoms with Crippen LogP contribution in [-0.4, -0.2) is 25.2 Å². The van der Waals surface area contributed by atoms with Crippen molar-refractivity contribution in [1.82, 2.24) is 18.7 Å². The molecule has 0 fully saturated rings. The number of aryl methyl sites for hydroxylation is 4. The molecule has 1 aliphatic rings. The van der Waals surface area contributed by atoms with Crippen LogP contribution in [0.4, 0.5) is 11.6 Å². The summed E-state index contributed by atoms with van der Waals surface area (Å²) < 4.78 is 4.91. The average Bonchev–Trinajstić information content (AvgIpc) is 3.19. The summed E-state index contributed by atoms with van der Waals surface area (Å²) in [5.41, 5.74) is 5.03. The van der Waals surface area contributed by atoms with Gasteiger partial charge in [0, 0.05) is 32.4 Å². The zero-order valence-electron chi connectivity index (χ0n) is 20.3. The predicted molar refractivity (Wildman–Crippen MR) is 136 cm³/mol. The van der Waals surface area contributed by atoms with Crippen LogP contribution < -0.4 is 16.1 Å². The van der Waals surface area contributed by atoms with Gasteiger partial charge in [0.2, 0.25) is 5.95 Å². The Labute approximate surface area is 198 Å². The van der Waals surface area contributed by atoms with E-state index in [4.69, 9.17) is 4.98 Å². The quantitative estimate of drug-likeness (QED) is 0.455. The Morgan fingerprint density at radius 3 is 2.41 bits per heavy atom. The van der Waals surface area contributed by atoms with Crippen LogP contribution in [-0.2, 0) is 26.6 Å². The molecule has 0 amide bonds. The summed E-state index contributed by atoms with van der Waals surface area (Å²) in [6, 6.07) is 16.6. The van der Waals surface area contributed by atoms with E-state index < -0.39 is 0 Å². The van der Waals surface area contributed by atoms with Gasteiger partial charge < -0.3 is 9.47 Å². The first-order chi connectivity index (χ1) is 16.3. The molecule has 5 rings (SSSR count). The van der Waals surface area contributed by atoms with Gasteiger partial charge in [-0.2, -0.15) is 4.98 Å². The Balaban J connectivity index is 1.59. The molecule has 1 atom stereocenters. The van der Waals surface area contributed by atoms with Crippen molar-refractivity contribution in [1.29, 1.82) is 0 Å². The van der Waals surface area contributed by atoms with Crippen LogP contribution >= 0.6 is 0 Å². The van der Waals surface area contributed by atoms with Crippen LogP contribution in [0.15, 0.2) is 58.1 Å². The molecule has 1 aliphatic heterocycles. The molecule has 34 heavy (non-hydrogen) atoms. The number of imidazole rings is 1. The van der Waals surface area contributed by atoms with Crippen molar-refractivity contribution in [2.75, 3.05) is 11.4 Å². The maximum absolute atomic E-state index is 13.6. The highest BCUT2D eigenvalue weighted by Crippen LogP contribution is 2.33. The Morgan fingerprint density at radius 1 is 1.00 bits per heavy atom. The number of fused-ring (bicyclic) bond motifs is 3. The predicted octanol–water partition coefficient (Wildman–Crippen LogP) is 3.93. The Bertz CT molecular complexity index is 1460. The first kappa shape index (κ1) is 22.2. The Kier molecular flexibility index (Phi) is 5.63. The number of hydrogen-bond acceptors (Lipinski definition) is 4. The standard InChI is InChI=1S/C27H31N5O2/c1-18-13-19(2)15-22(14-18)31-16-20(3)17-32-23-24(28-26(31)32)29(4)27(34)30(25(23)33)12-8-11-21-9-6-5-7-10-21/h5-7,9-10,13-15,20H,8,11-12,16-17H2,1-4H3. The Hall–Kier alpha value is -3.61. The highest BCUT2D eigenvalue weighted by molar-refractivity contribution is 5.77. The lowest BCUT2D eigenvalue weighted by Gasteiger charge is -2.33. The number of nitrogens with zero attached hydrogens (tertiary/aromatic N) is 5. The summed E-state index contributed by atoms with van der Waals surface area (Å²) in [4.78, 5) is 33.7.